The second-order valence-electron chi connectivity index (χ2n) is 8.79. The van der Waals surface area contributed by atoms with E-state index in [0.717, 1.165) is 40.0 Å². The highest BCUT2D eigenvalue weighted by atomic mass is 79.9. The van der Waals surface area contributed by atoms with Gasteiger partial charge in [-0.25, -0.2) is 9.98 Å². The number of nitrogens with two attached hydrogens (primary N) is 1. The van der Waals surface area contributed by atoms with Gasteiger partial charge in [-0.2, -0.15) is 9.61 Å². The molecular weight excluding hydrogens is 484 g/mol. The maximum Gasteiger partial charge on any atom is 0.181 e. The van der Waals surface area contributed by atoms with E-state index in [-0.39, 0.29) is 12.5 Å². The first-order chi connectivity index (χ1) is 16.0. The summed E-state index contributed by atoms with van der Waals surface area (Å²) < 4.78 is 2.40. The zero-order chi connectivity index (χ0) is 23.0. The molecule has 0 saturated heterocycles. The summed E-state index contributed by atoms with van der Waals surface area (Å²) in [6.45, 7) is 0.651. The summed E-state index contributed by atoms with van der Waals surface area (Å²) in [5.41, 5.74) is 10.1. The Labute approximate surface area is 200 Å². The third-order valence-corrected chi connectivity index (χ3v) is 7.52. The first-order valence-electron chi connectivity index (χ1n) is 11.2. The number of aliphatic hydroxyl groups excluding tert-OH is 1. The van der Waals surface area contributed by atoms with Gasteiger partial charge < -0.3 is 20.8 Å². The number of aliphatic hydroxyl groups is 2. The van der Waals surface area contributed by atoms with Gasteiger partial charge in [0, 0.05) is 19.1 Å². The second kappa shape index (κ2) is 8.89. The molecule has 33 heavy (non-hydrogen) atoms. The highest BCUT2D eigenvalue weighted by Gasteiger charge is 2.35. The Hall–Kier alpha value is -2.75. The van der Waals surface area contributed by atoms with Crippen molar-refractivity contribution in [3.63, 3.8) is 0 Å². The number of nitrogens with zero attached hydrogens (tertiary/aromatic N) is 5. The lowest BCUT2D eigenvalue weighted by Gasteiger charge is -2.35. The third kappa shape index (κ3) is 4.16. The molecule has 5 rings (SSSR count). The number of anilines is 2. The summed E-state index contributed by atoms with van der Waals surface area (Å²) in [5, 5.41) is 24.4. The van der Waals surface area contributed by atoms with E-state index in [2.05, 4.69) is 32.1 Å². The minimum Gasteiger partial charge on any atom is -0.396 e. The predicted molar refractivity (Wildman–Crippen MR) is 133 cm³/mol. The number of hydrogen-bond acceptors (Lipinski definition) is 7. The van der Waals surface area contributed by atoms with Crippen LogP contribution in [0.25, 0.3) is 11.3 Å². The summed E-state index contributed by atoms with van der Waals surface area (Å²) in [4.78, 5) is 11.6. The number of aromatic nitrogens is 3. The van der Waals surface area contributed by atoms with E-state index in [1.807, 2.05) is 41.6 Å². The van der Waals surface area contributed by atoms with Gasteiger partial charge in [0.25, 0.3) is 0 Å². The highest BCUT2D eigenvalue weighted by Crippen LogP contribution is 2.42. The van der Waals surface area contributed by atoms with Crippen LogP contribution in [0.4, 0.5) is 11.5 Å². The van der Waals surface area contributed by atoms with Crippen LogP contribution < -0.4 is 10.6 Å². The van der Waals surface area contributed by atoms with Crippen molar-refractivity contribution in [3.8, 4) is 0 Å². The fraction of sp³-hybridized carbons (Fsp3) is 0.375. The van der Waals surface area contributed by atoms with Crippen LogP contribution in [0, 0.1) is 0 Å². The summed E-state index contributed by atoms with van der Waals surface area (Å²) in [6.07, 6.45) is 8.92. The van der Waals surface area contributed by atoms with Crippen LogP contribution in [0.5, 0.6) is 0 Å². The summed E-state index contributed by atoms with van der Waals surface area (Å²) in [7, 11) is 0. The average molecular weight is 511 g/mol. The van der Waals surface area contributed by atoms with Crippen molar-refractivity contribution in [2.24, 2.45) is 4.99 Å². The number of benzene rings is 1. The molecule has 4 N–H and O–H groups in total. The van der Waals surface area contributed by atoms with Crippen LogP contribution in [0.1, 0.15) is 49.3 Å². The fourth-order valence-electron chi connectivity index (χ4n) is 4.74. The molecule has 3 aromatic rings. The number of fused-ring (bicyclic) bond motifs is 1. The monoisotopic (exact) mass is 510 g/mol. The number of nitrogen functional groups attached to an aromatic ring is 1. The van der Waals surface area contributed by atoms with Gasteiger partial charge in [-0.05, 0) is 59.7 Å². The molecular formula is C24H27BrN6O2. The lowest BCUT2D eigenvalue weighted by molar-refractivity contribution is -0.0206. The zero-order valence-electron chi connectivity index (χ0n) is 18.2. The molecule has 9 heteroatoms. The van der Waals surface area contributed by atoms with E-state index in [4.69, 9.17) is 10.7 Å². The summed E-state index contributed by atoms with van der Waals surface area (Å²) in [6, 6.07) is 10.1. The SMILES string of the molecule is Nc1c(Br)c([C@H]2CC[C@@](O)(CCO)CC2)nc2c(N3C=NC(c4ccccc4)=CC3)cnn12. The predicted octanol–water partition coefficient (Wildman–Crippen LogP) is 3.73. The lowest BCUT2D eigenvalue weighted by Crippen LogP contribution is -2.34. The van der Waals surface area contributed by atoms with Crippen LogP contribution in [0.3, 0.4) is 0 Å². The first-order valence-corrected chi connectivity index (χ1v) is 12.0. The largest absolute Gasteiger partial charge is 0.396 e. The van der Waals surface area contributed by atoms with Crippen LogP contribution in [0.2, 0.25) is 0 Å². The van der Waals surface area contributed by atoms with E-state index in [0.29, 0.717) is 37.3 Å². The van der Waals surface area contributed by atoms with Gasteiger partial charge >= 0.3 is 0 Å². The average Bonchev–Trinajstić information content (AvgIpc) is 3.27. The number of aliphatic imine (C=N–C) groups is 1. The van der Waals surface area contributed by atoms with Gasteiger partial charge in [0.2, 0.25) is 0 Å². The zero-order valence-corrected chi connectivity index (χ0v) is 19.8. The van der Waals surface area contributed by atoms with E-state index in [1.165, 1.54) is 0 Å². The van der Waals surface area contributed by atoms with Gasteiger partial charge in [-0.3, -0.25) is 0 Å². The van der Waals surface area contributed by atoms with Crippen molar-refractivity contribution in [3.05, 3.63) is 58.3 Å². The van der Waals surface area contributed by atoms with E-state index in [9.17, 15) is 10.2 Å². The molecule has 2 aromatic heterocycles. The van der Waals surface area contributed by atoms with Crippen molar-refractivity contribution in [2.45, 2.75) is 43.6 Å². The van der Waals surface area contributed by atoms with Crippen LogP contribution in [-0.4, -0.2) is 49.9 Å². The molecule has 0 unspecified atom stereocenters. The minimum atomic E-state index is -0.789. The Morgan fingerprint density at radius 1 is 1.18 bits per heavy atom. The van der Waals surface area contributed by atoms with Crippen LogP contribution in [-0.2, 0) is 0 Å². The van der Waals surface area contributed by atoms with Crippen LogP contribution >= 0.6 is 15.9 Å². The molecule has 1 saturated carbocycles. The smallest absolute Gasteiger partial charge is 0.181 e. The molecule has 0 amide bonds. The standard InChI is InChI=1S/C24H27BrN6O2/c25-20-21(17-6-9-24(33,10-7-17)11-13-32)29-23-19(14-28-31(23)22(20)26)30-12-8-18(27-15-30)16-4-2-1-3-5-16/h1-5,8,14-15,17,32-33H,6-7,9-13,26H2/t17-,24-. The quantitative estimate of drug-likeness (QED) is 0.481. The molecule has 0 radical (unpaired) electrons. The third-order valence-electron chi connectivity index (χ3n) is 6.71. The summed E-state index contributed by atoms with van der Waals surface area (Å²) in [5.74, 6) is 0.680. The maximum absolute atomic E-state index is 10.7. The Kier molecular flexibility index (Phi) is 5.94. The van der Waals surface area contributed by atoms with Crippen molar-refractivity contribution >= 4 is 45.1 Å². The number of rotatable bonds is 5. The Morgan fingerprint density at radius 2 is 1.94 bits per heavy atom. The number of halogens is 1. The molecule has 0 bridgehead atoms. The fourth-order valence-corrected chi connectivity index (χ4v) is 5.32. The van der Waals surface area contributed by atoms with Crippen LogP contribution in [0.15, 0.2) is 52.1 Å². The Balaban J connectivity index is 1.43. The van der Waals surface area contributed by atoms with Crippen molar-refractivity contribution < 1.29 is 10.2 Å². The molecule has 2 aliphatic rings. The van der Waals surface area contributed by atoms with E-state index >= 15 is 0 Å². The van der Waals surface area contributed by atoms with Gasteiger partial charge in [-0.15, -0.1) is 0 Å². The highest BCUT2D eigenvalue weighted by molar-refractivity contribution is 9.10. The van der Waals surface area contributed by atoms with E-state index < -0.39 is 5.60 Å². The molecule has 0 spiro atoms. The molecule has 1 aliphatic heterocycles. The molecule has 3 heterocycles. The van der Waals surface area contributed by atoms with Crippen molar-refractivity contribution in [1.29, 1.82) is 0 Å². The lowest BCUT2D eigenvalue weighted by atomic mass is 9.76. The van der Waals surface area contributed by atoms with Gasteiger partial charge in [0.15, 0.2) is 5.65 Å². The summed E-state index contributed by atoms with van der Waals surface area (Å²) >= 11 is 3.63. The van der Waals surface area contributed by atoms with Gasteiger partial charge in [0.1, 0.15) is 11.5 Å². The normalized spacial score (nSPS) is 23.2. The second-order valence-corrected chi connectivity index (χ2v) is 9.58. The molecule has 1 aromatic carbocycles. The molecule has 0 atom stereocenters. The topological polar surface area (TPSA) is 112 Å². The van der Waals surface area contributed by atoms with Crippen molar-refractivity contribution in [2.75, 3.05) is 23.8 Å². The van der Waals surface area contributed by atoms with Crippen molar-refractivity contribution in [1.82, 2.24) is 14.6 Å². The minimum absolute atomic E-state index is 0.000968. The molecule has 8 nitrogen and oxygen atoms in total. The van der Waals surface area contributed by atoms with E-state index in [1.54, 1.807) is 10.7 Å². The first kappa shape index (κ1) is 22.1. The number of hydrogen-bond donors (Lipinski definition) is 3. The molecule has 1 aliphatic carbocycles. The molecule has 172 valence electrons. The maximum atomic E-state index is 10.7. The Bertz CT molecular complexity index is 1210. The van der Waals surface area contributed by atoms with Gasteiger partial charge in [-0.1, -0.05) is 30.3 Å². The van der Waals surface area contributed by atoms with Gasteiger partial charge in [0.05, 0.1) is 34.0 Å². The molecule has 1 fully saturated rings. The Morgan fingerprint density at radius 3 is 2.61 bits per heavy atom.